The third-order valence-corrected chi connectivity index (χ3v) is 4.05. The third kappa shape index (κ3) is 3.60. The van der Waals surface area contributed by atoms with Crippen molar-refractivity contribution in [3.63, 3.8) is 0 Å². The van der Waals surface area contributed by atoms with Gasteiger partial charge in [0.25, 0.3) is 5.91 Å². The predicted octanol–water partition coefficient (Wildman–Crippen LogP) is 4.16. The van der Waals surface area contributed by atoms with Crippen molar-refractivity contribution in [3.8, 4) is 17.1 Å². The van der Waals surface area contributed by atoms with Crippen molar-refractivity contribution in [2.45, 2.75) is 13.8 Å². The third-order valence-electron chi connectivity index (χ3n) is 3.42. The summed E-state index contributed by atoms with van der Waals surface area (Å²) in [4.78, 5) is 16.7. The molecule has 0 radical (unpaired) electrons. The van der Waals surface area contributed by atoms with Crippen molar-refractivity contribution in [3.05, 3.63) is 59.7 Å². The molecule has 1 amide bonds. The second-order valence-corrected chi connectivity index (χ2v) is 5.91. The van der Waals surface area contributed by atoms with Gasteiger partial charge in [-0.3, -0.25) is 10.1 Å². The molecule has 0 saturated carbocycles. The molecule has 0 aliphatic heterocycles. The lowest BCUT2D eigenvalue weighted by Crippen LogP contribution is -2.12. The van der Waals surface area contributed by atoms with Gasteiger partial charge in [0, 0.05) is 22.7 Å². The molecular formula is C18H17N3O2S. The molecule has 0 aliphatic rings. The van der Waals surface area contributed by atoms with Crippen LogP contribution in [0.1, 0.15) is 22.8 Å². The minimum absolute atomic E-state index is 0.211. The minimum atomic E-state index is -0.211. The van der Waals surface area contributed by atoms with Gasteiger partial charge in [0.2, 0.25) is 5.13 Å². The fourth-order valence-electron chi connectivity index (χ4n) is 2.26. The lowest BCUT2D eigenvalue weighted by molar-refractivity contribution is 0.102. The van der Waals surface area contributed by atoms with E-state index in [1.165, 1.54) is 11.5 Å². The Balaban J connectivity index is 1.73. The van der Waals surface area contributed by atoms with Crippen LogP contribution in [-0.2, 0) is 0 Å². The fraction of sp³-hybridized carbons (Fsp3) is 0.167. The Morgan fingerprint density at radius 3 is 2.71 bits per heavy atom. The van der Waals surface area contributed by atoms with E-state index in [0.29, 0.717) is 23.1 Å². The quantitative estimate of drug-likeness (QED) is 0.758. The number of carbonyl (C=O) groups is 1. The molecule has 0 aliphatic carbocycles. The summed E-state index contributed by atoms with van der Waals surface area (Å²) in [5.74, 6) is 1.19. The van der Waals surface area contributed by atoms with Gasteiger partial charge in [-0.1, -0.05) is 30.3 Å². The zero-order chi connectivity index (χ0) is 16.9. The van der Waals surface area contributed by atoms with E-state index in [1.54, 1.807) is 12.1 Å². The second-order valence-electron chi connectivity index (χ2n) is 5.16. The van der Waals surface area contributed by atoms with E-state index in [1.807, 2.05) is 50.2 Å². The Morgan fingerprint density at radius 1 is 1.21 bits per heavy atom. The molecule has 0 atom stereocenters. The maximum Gasteiger partial charge on any atom is 0.257 e. The number of hydrogen-bond acceptors (Lipinski definition) is 5. The van der Waals surface area contributed by atoms with Crippen LogP contribution in [-0.4, -0.2) is 21.9 Å². The Bertz CT molecular complexity index is 846. The normalized spacial score (nSPS) is 10.4. The van der Waals surface area contributed by atoms with Crippen molar-refractivity contribution in [1.82, 2.24) is 9.36 Å². The topological polar surface area (TPSA) is 64.1 Å². The number of nitrogens with one attached hydrogen (secondary N) is 1. The van der Waals surface area contributed by atoms with Crippen molar-refractivity contribution >= 4 is 22.6 Å². The number of carbonyl (C=O) groups excluding carboxylic acids is 1. The number of ether oxygens (including phenoxy) is 1. The average molecular weight is 339 g/mol. The van der Waals surface area contributed by atoms with Gasteiger partial charge in [-0.05, 0) is 37.6 Å². The van der Waals surface area contributed by atoms with E-state index in [0.717, 1.165) is 16.9 Å². The lowest BCUT2D eigenvalue weighted by atomic mass is 10.1. The van der Waals surface area contributed by atoms with E-state index in [-0.39, 0.29) is 5.91 Å². The van der Waals surface area contributed by atoms with Crippen LogP contribution in [0, 0.1) is 6.92 Å². The number of nitrogens with zero attached hydrogens (tertiary/aromatic N) is 2. The molecule has 5 nitrogen and oxygen atoms in total. The van der Waals surface area contributed by atoms with Crippen LogP contribution in [0.25, 0.3) is 11.4 Å². The van der Waals surface area contributed by atoms with Gasteiger partial charge < -0.3 is 4.74 Å². The number of aromatic nitrogens is 2. The van der Waals surface area contributed by atoms with Gasteiger partial charge in [-0.15, -0.1) is 0 Å². The van der Waals surface area contributed by atoms with Crippen LogP contribution in [0.2, 0.25) is 0 Å². The van der Waals surface area contributed by atoms with Crippen molar-refractivity contribution < 1.29 is 9.53 Å². The van der Waals surface area contributed by atoms with Crippen molar-refractivity contribution in [1.29, 1.82) is 0 Å². The van der Waals surface area contributed by atoms with E-state index in [9.17, 15) is 4.79 Å². The largest absolute Gasteiger partial charge is 0.494 e. The molecule has 1 aromatic heterocycles. The summed E-state index contributed by atoms with van der Waals surface area (Å²) in [5.41, 5.74) is 2.41. The molecule has 0 bridgehead atoms. The standard InChI is InChI=1S/C18H17N3O2S/c1-3-23-15-10-9-14(11-12(15)2)17(22)20-18-19-16(21-24-18)13-7-5-4-6-8-13/h4-11H,3H2,1-2H3,(H,19,20,21,22). The van der Waals surface area contributed by atoms with Crippen molar-refractivity contribution in [2.24, 2.45) is 0 Å². The maximum atomic E-state index is 12.4. The first-order chi connectivity index (χ1) is 11.7. The summed E-state index contributed by atoms with van der Waals surface area (Å²) in [6, 6.07) is 15.0. The molecule has 0 fully saturated rings. The summed E-state index contributed by atoms with van der Waals surface area (Å²) in [6.45, 7) is 4.44. The highest BCUT2D eigenvalue weighted by atomic mass is 32.1. The first-order valence-electron chi connectivity index (χ1n) is 7.61. The van der Waals surface area contributed by atoms with Gasteiger partial charge in [0.05, 0.1) is 6.61 Å². The molecule has 3 aromatic rings. The molecule has 0 unspecified atom stereocenters. The Labute approximate surface area is 144 Å². The second kappa shape index (κ2) is 7.23. The number of amides is 1. The Hall–Kier alpha value is -2.73. The zero-order valence-corrected chi connectivity index (χ0v) is 14.3. The molecule has 0 spiro atoms. The summed E-state index contributed by atoms with van der Waals surface area (Å²) in [5, 5.41) is 3.27. The van der Waals surface area contributed by atoms with E-state index in [4.69, 9.17) is 4.74 Å². The number of aryl methyl sites for hydroxylation is 1. The molecular weight excluding hydrogens is 322 g/mol. The van der Waals surface area contributed by atoms with E-state index >= 15 is 0 Å². The van der Waals surface area contributed by atoms with E-state index in [2.05, 4.69) is 14.7 Å². The van der Waals surface area contributed by atoms with Crippen LogP contribution in [0.3, 0.4) is 0 Å². The molecule has 122 valence electrons. The molecule has 1 heterocycles. The summed E-state index contributed by atoms with van der Waals surface area (Å²) < 4.78 is 9.77. The van der Waals surface area contributed by atoms with Gasteiger partial charge >= 0.3 is 0 Å². The lowest BCUT2D eigenvalue weighted by Gasteiger charge is -2.08. The van der Waals surface area contributed by atoms with Gasteiger partial charge in [0.1, 0.15) is 5.75 Å². The number of hydrogen-bond donors (Lipinski definition) is 1. The van der Waals surface area contributed by atoms with Gasteiger partial charge in [-0.2, -0.15) is 9.36 Å². The average Bonchev–Trinajstić information content (AvgIpc) is 3.06. The smallest absolute Gasteiger partial charge is 0.257 e. The predicted molar refractivity (Wildman–Crippen MR) is 95.6 cm³/mol. The highest BCUT2D eigenvalue weighted by molar-refractivity contribution is 7.10. The molecule has 0 saturated heterocycles. The van der Waals surface area contributed by atoms with Crippen LogP contribution in [0.4, 0.5) is 5.13 Å². The summed E-state index contributed by atoms with van der Waals surface area (Å²) in [6.07, 6.45) is 0. The van der Waals surface area contributed by atoms with Crippen LogP contribution >= 0.6 is 11.5 Å². The number of benzene rings is 2. The highest BCUT2D eigenvalue weighted by Crippen LogP contribution is 2.23. The van der Waals surface area contributed by atoms with Crippen LogP contribution in [0.15, 0.2) is 48.5 Å². The summed E-state index contributed by atoms with van der Waals surface area (Å²) in [7, 11) is 0. The first-order valence-corrected chi connectivity index (χ1v) is 8.38. The van der Waals surface area contributed by atoms with Crippen molar-refractivity contribution in [2.75, 3.05) is 11.9 Å². The first kappa shape index (κ1) is 16.1. The number of rotatable bonds is 5. The SMILES string of the molecule is CCOc1ccc(C(=O)Nc2nc(-c3ccccc3)ns2)cc1C. The molecule has 6 heteroatoms. The van der Waals surface area contributed by atoms with Gasteiger partial charge in [-0.25, -0.2) is 0 Å². The minimum Gasteiger partial charge on any atom is -0.494 e. The molecule has 3 rings (SSSR count). The fourth-order valence-corrected chi connectivity index (χ4v) is 2.84. The maximum absolute atomic E-state index is 12.4. The Morgan fingerprint density at radius 2 is 2.00 bits per heavy atom. The molecule has 24 heavy (non-hydrogen) atoms. The molecule has 2 aromatic carbocycles. The zero-order valence-electron chi connectivity index (χ0n) is 13.4. The highest BCUT2D eigenvalue weighted by Gasteiger charge is 2.12. The van der Waals surface area contributed by atoms with Crippen LogP contribution in [0.5, 0.6) is 5.75 Å². The number of anilines is 1. The van der Waals surface area contributed by atoms with E-state index < -0.39 is 0 Å². The van der Waals surface area contributed by atoms with Gasteiger partial charge in [0.15, 0.2) is 5.82 Å². The molecule has 1 N–H and O–H groups in total. The van der Waals surface area contributed by atoms with Crippen LogP contribution < -0.4 is 10.1 Å². The Kier molecular flexibility index (Phi) is 4.86. The monoisotopic (exact) mass is 339 g/mol. The summed E-state index contributed by atoms with van der Waals surface area (Å²) >= 11 is 1.17.